The molecule has 0 bridgehead atoms. The SMILES string of the molecule is CC(N)(c1ccccc1)c1nc2cccnc2s1. The van der Waals surface area contributed by atoms with Gasteiger partial charge in [-0.15, -0.1) is 0 Å². The van der Waals surface area contributed by atoms with Crippen molar-refractivity contribution in [3.8, 4) is 0 Å². The fraction of sp³-hybridized carbons (Fsp3) is 0.143. The Morgan fingerprint density at radius 2 is 1.89 bits per heavy atom. The summed E-state index contributed by atoms with van der Waals surface area (Å²) in [7, 11) is 0. The molecule has 2 aromatic heterocycles. The smallest absolute Gasteiger partial charge is 0.143 e. The van der Waals surface area contributed by atoms with Gasteiger partial charge in [0.25, 0.3) is 0 Å². The minimum Gasteiger partial charge on any atom is -0.316 e. The maximum atomic E-state index is 6.44. The van der Waals surface area contributed by atoms with Crippen molar-refractivity contribution in [3.63, 3.8) is 0 Å². The van der Waals surface area contributed by atoms with Gasteiger partial charge in [-0.2, -0.15) is 0 Å². The molecule has 1 aromatic carbocycles. The van der Waals surface area contributed by atoms with Gasteiger partial charge in [-0.25, -0.2) is 9.97 Å². The summed E-state index contributed by atoms with van der Waals surface area (Å²) in [6.45, 7) is 1.99. The van der Waals surface area contributed by atoms with Crippen LogP contribution in [0.4, 0.5) is 0 Å². The lowest BCUT2D eigenvalue weighted by Gasteiger charge is -2.22. The summed E-state index contributed by atoms with van der Waals surface area (Å²) in [6.07, 6.45) is 1.78. The van der Waals surface area contributed by atoms with E-state index in [1.54, 1.807) is 17.5 Å². The second-order valence-corrected chi connectivity index (χ2v) is 5.39. The molecular weight excluding hydrogens is 242 g/mol. The van der Waals surface area contributed by atoms with E-state index in [2.05, 4.69) is 9.97 Å². The molecule has 1 atom stereocenters. The highest BCUT2D eigenvalue weighted by molar-refractivity contribution is 7.18. The monoisotopic (exact) mass is 255 g/mol. The van der Waals surface area contributed by atoms with E-state index in [1.807, 2.05) is 49.4 Å². The van der Waals surface area contributed by atoms with Crippen molar-refractivity contribution in [2.24, 2.45) is 5.73 Å². The van der Waals surface area contributed by atoms with Crippen molar-refractivity contribution in [1.29, 1.82) is 0 Å². The van der Waals surface area contributed by atoms with E-state index in [0.29, 0.717) is 0 Å². The highest BCUT2D eigenvalue weighted by Gasteiger charge is 2.27. The Hall–Kier alpha value is -1.78. The molecule has 3 nitrogen and oxygen atoms in total. The molecule has 2 N–H and O–H groups in total. The van der Waals surface area contributed by atoms with E-state index in [9.17, 15) is 0 Å². The summed E-state index contributed by atoms with van der Waals surface area (Å²) in [5.74, 6) is 0. The standard InChI is InChI=1S/C14H13N3S/c1-14(15,10-6-3-2-4-7-10)13-17-11-8-5-9-16-12(11)18-13/h2-9H,15H2,1H3. The van der Waals surface area contributed by atoms with Crippen LogP contribution >= 0.6 is 11.3 Å². The molecule has 18 heavy (non-hydrogen) atoms. The van der Waals surface area contributed by atoms with Crippen LogP contribution in [0.25, 0.3) is 10.3 Å². The maximum absolute atomic E-state index is 6.44. The van der Waals surface area contributed by atoms with E-state index in [1.165, 1.54) is 0 Å². The molecular formula is C14H13N3S. The van der Waals surface area contributed by atoms with E-state index in [-0.39, 0.29) is 0 Å². The molecule has 0 spiro atoms. The minimum absolute atomic E-state index is 0.577. The molecule has 0 radical (unpaired) electrons. The molecule has 2 heterocycles. The highest BCUT2D eigenvalue weighted by Crippen LogP contribution is 2.31. The molecule has 1 unspecified atom stereocenters. The van der Waals surface area contributed by atoms with Crippen LogP contribution in [0.1, 0.15) is 17.5 Å². The van der Waals surface area contributed by atoms with Gasteiger partial charge in [0.15, 0.2) is 0 Å². The Kier molecular flexibility index (Phi) is 2.61. The topological polar surface area (TPSA) is 51.8 Å². The lowest BCUT2D eigenvalue weighted by molar-refractivity contribution is 0.600. The number of nitrogens with two attached hydrogens (primary N) is 1. The number of rotatable bonds is 2. The number of pyridine rings is 1. The van der Waals surface area contributed by atoms with Crippen molar-refractivity contribution in [1.82, 2.24) is 9.97 Å². The van der Waals surface area contributed by atoms with Crippen LogP contribution in [0.3, 0.4) is 0 Å². The van der Waals surface area contributed by atoms with Crippen LogP contribution < -0.4 is 5.73 Å². The van der Waals surface area contributed by atoms with Crippen molar-refractivity contribution < 1.29 is 0 Å². The summed E-state index contributed by atoms with van der Waals surface area (Å²) in [5, 5.41) is 0.891. The Morgan fingerprint density at radius 3 is 2.61 bits per heavy atom. The van der Waals surface area contributed by atoms with Gasteiger partial charge in [0.2, 0.25) is 0 Å². The summed E-state index contributed by atoms with van der Waals surface area (Å²) >= 11 is 1.55. The Bertz CT molecular complexity index is 641. The Balaban J connectivity index is 2.13. The molecule has 0 aliphatic carbocycles. The van der Waals surface area contributed by atoms with Crippen LogP contribution in [0.15, 0.2) is 48.7 Å². The first kappa shape index (κ1) is 11.3. The number of fused-ring (bicyclic) bond motifs is 1. The van der Waals surface area contributed by atoms with E-state index >= 15 is 0 Å². The third-order valence-corrected chi connectivity index (χ3v) is 4.20. The zero-order chi connectivity index (χ0) is 12.6. The van der Waals surface area contributed by atoms with Crippen molar-refractivity contribution >= 4 is 21.7 Å². The largest absolute Gasteiger partial charge is 0.316 e. The zero-order valence-corrected chi connectivity index (χ0v) is 10.8. The number of thiazole rings is 1. The number of hydrogen-bond acceptors (Lipinski definition) is 4. The Labute approximate surface area is 109 Å². The average Bonchev–Trinajstić information content (AvgIpc) is 2.84. The Morgan fingerprint density at radius 1 is 1.11 bits per heavy atom. The lowest BCUT2D eigenvalue weighted by Crippen LogP contribution is -2.34. The average molecular weight is 255 g/mol. The molecule has 90 valence electrons. The van der Waals surface area contributed by atoms with Crippen molar-refractivity contribution in [3.05, 3.63) is 59.2 Å². The van der Waals surface area contributed by atoms with Crippen LogP contribution in [-0.4, -0.2) is 9.97 Å². The molecule has 0 fully saturated rings. The van der Waals surface area contributed by atoms with E-state index in [0.717, 1.165) is 20.9 Å². The fourth-order valence-corrected chi connectivity index (χ4v) is 2.89. The first-order valence-electron chi connectivity index (χ1n) is 5.74. The fourth-order valence-electron chi connectivity index (χ4n) is 1.90. The lowest BCUT2D eigenvalue weighted by atomic mass is 9.94. The molecule has 3 rings (SSSR count). The molecule has 0 saturated carbocycles. The zero-order valence-electron chi connectivity index (χ0n) is 10.00. The minimum atomic E-state index is -0.577. The molecule has 0 saturated heterocycles. The molecule has 4 heteroatoms. The normalized spacial score (nSPS) is 14.6. The predicted molar refractivity (Wildman–Crippen MR) is 74.5 cm³/mol. The quantitative estimate of drug-likeness (QED) is 0.766. The molecule has 0 aliphatic heterocycles. The van der Waals surface area contributed by atoms with Gasteiger partial charge in [-0.05, 0) is 24.6 Å². The first-order chi connectivity index (χ1) is 8.68. The third kappa shape index (κ3) is 1.79. The molecule has 0 aliphatic rings. The highest BCUT2D eigenvalue weighted by atomic mass is 32.1. The van der Waals surface area contributed by atoms with Gasteiger partial charge < -0.3 is 5.73 Å². The third-order valence-electron chi connectivity index (χ3n) is 2.98. The number of aromatic nitrogens is 2. The van der Waals surface area contributed by atoms with Crippen LogP contribution in [0.5, 0.6) is 0 Å². The van der Waals surface area contributed by atoms with Gasteiger partial charge in [0.05, 0.1) is 5.54 Å². The maximum Gasteiger partial charge on any atom is 0.143 e. The summed E-state index contributed by atoms with van der Waals surface area (Å²) in [4.78, 5) is 9.83. The number of hydrogen-bond donors (Lipinski definition) is 1. The van der Waals surface area contributed by atoms with Gasteiger partial charge in [-0.3, -0.25) is 0 Å². The van der Waals surface area contributed by atoms with Crippen molar-refractivity contribution in [2.45, 2.75) is 12.5 Å². The van der Waals surface area contributed by atoms with Crippen LogP contribution in [0.2, 0.25) is 0 Å². The van der Waals surface area contributed by atoms with E-state index < -0.39 is 5.54 Å². The summed E-state index contributed by atoms with van der Waals surface area (Å²) in [6, 6.07) is 13.9. The predicted octanol–water partition coefficient (Wildman–Crippen LogP) is 2.91. The summed E-state index contributed by atoms with van der Waals surface area (Å²) < 4.78 is 0. The van der Waals surface area contributed by atoms with Crippen LogP contribution in [-0.2, 0) is 5.54 Å². The summed E-state index contributed by atoms with van der Waals surface area (Å²) in [5.41, 5.74) is 7.83. The molecule has 0 amide bonds. The number of nitrogens with zero attached hydrogens (tertiary/aromatic N) is 2. The molecule has 3 aromatic rings. The van der Waals surface area contributed by atoms with E-state index in [4.69, 9.17) is 5.73 Å². The van der Waals surface area contributed by atoms with Gasteiger partial charge in [-0.1, -0.05) is 41.7 Å². The second-order valence-electron chi connectivity index (χ2n) is 4.42. The van der Waals surface area contributed by atoms with Crippen LogP contribution in [0, 0.1) is 0 Å². The van der Waals surface area contributed by atoms with Gasteiger partial charge in [0, 0.05) is 6.20 Å². The number of benzene rings is 1. The van der Waals surface area contributed by atoms with Crippen molar-refractivity contribution in [2.75, 3.05) is 0 Å². The van der Waals surface area contributed by atoms with Gasteiger partial charge in [0.1, 0.15) is 15.4 Å². The van der Waals surface area contributed by atoms with Gasteiger partial charge >= 0.3 is 0 Å². The second kappa shape index (κ2) is 4.15. The first-order valence-corrected chi connectivity index (χ1v) is 6.56.